The van der Waals surface area contributed by atoms with Gasteiger partial charge in [0.15, 0.2) is 0 Å². The van der Waals surface area contributed by atoms with Crippen LogP contribution in [0.3, 0.4) is 0 Å². The maximum Gasteiger partial charge on any atom is 0.119 e. The third-order valence-electron chi connectivity index (χ3n) is 3.81. The van der Waals surface area contributed by atoms with Gasteiger partial charge < -0.3 is 15.2 Å². The van der Waals surface area contributed by atoms with Crippen LogP contribution in [-0.4, -0.2) is 30.4 Å². The lowest BCUT2D eigenvalue weighted by atomic mass is 9.96. The van der Waals surface area contributed by atoms with Crippen molar-refractivity contribution in [3.8, 4) is 5.75 Å². The predicted molar refractivity (Wildman–Crippen MR) is 89.0 cm³/mol. The number of aryl methyl sites for hydroxylation is 1. The van der Waals surface area contributed by atoms with Gasteiger partial charge in [-0.3, -0.25) is 0 Å². The molecule has 1 atom stereocenters. The highest BCUT2D eigenvalue weighted by molar-refractivity contribution is 5.27. The number of hydrogen-bond acceptors (Lipinski definition) is 3. The Morgan fingerprint density at radius 1 is 1.14 bits per heavy atom. The lowest BCUT2D eigenvalue weighted by Crippen LogP contribution is -2.45. The molecule has 2 N–H and O–H groups in total. The molecular formula is C18H31NO2. The van der Waals surface area contributed by atoms with Gasteiger partial charge >= 0.3 is 0 Å². The van der Waals surface area contributed by atoms with Crippen LogP contribution in [0.1, 0.15) is 52.0 Å². The molecule has 0 bridgehead atoms. The molecule has 0 aliphatic carbocycles. The molecule has 3 nitrogen and oxygen atoms in total. The SMILES string of the molecule is CCCc1ccc(OCCCCC(C)(CO)NCC)cc1. The first kappa shape index (κ1) is 18.0. The summed E-state index contributed by atoms with van der Waals surface area (Å²) in [5.41, 5.74) is 1.21. The van der Waals surface area contributed by atoms with Crippen LogP contribution in [0.15, 0.2) is 24.3 Å². The van der Waals surface area contributed by atoms with E-state index >= 15 is 0 Å². The first-order valence-corrected chi connectivity index (χ1v) is 8.21. The summed E-state index contributed by atoms with van der Waals surface area (Å²) in [4.78, 5) is 0. The summed E-state index contributed by atoms with van der Waals surface area (Å²) in [5, 5.41) is 12.8. The quantitative estimate of drug-likeness (QED) is 0.613. The molecule has 0 heterocycles. The maximum atomic E-state index is 9.43. The normalized spacial score (nSPS) is 13.9. The van der Waals surface area contributed by atoms with E-state index in [0.29, 0.717) is 0 Å². The van der Waals surface area contributed by atoms with E-state index in [4.69, 9.17) is 4.74 Å². The second-order valence-electron chi connectivity index (χ2n) is 5.95. The van der Waals surface area contributed by atoms with E-state index in [1.54, 1.807) is 0 Å². The molecule has 120 valence electrons. The lowest BCUT2D eigenvalue weighted by molar-refractivity contribution is 0.162. The highest BCUT2D eigenvalue weighted by atomic mass is 16.5. The fourth-order valence-corrected chi connectivity index (χ4v) is 2.50. The third-order valence-corrected chi connectivity index (χ3v) is 3.81. The van der Waals surface area contributed by atoms with Crippen LogP contribution in [0.2, 0.25) is 0 Å². The molecule has 1 unspecified atom stereocenters. The van der Waals surface area contributed by atoms with Crippen molar-refractivity contribution in [3.63, 3.8) is 0 Å². The number of nitrogens with one attached hydrogen (secondary N) is 1. The second-order valence-corrected chi connectivity index (χ2v) is 5.95. The molecule has 1 rings (SSSR count). The number of rotatable bonds is 11. The number of benzene rings is 1. The van der Waals surface area contributed by atoms with E-state index < -0.39 is 0 Å². The predicted octanol–water partition coefficient (Wildman–Crippen LogP) is 3.55. The molecule has 0 saturated carbocycles. The van der Waals surface area contributed by atoms with Gasteiger partial charge in [-0.1, -0.05) is 32.4 Å². The number of ether oxygens (including phenoxy) is 1. The molecular weight excluding hydrogens is 262 g/mol. The first-order valence-electron chi connectivity index (χ1n) is 8.21. The average Bonchev–Trinajstić information content (AvgIpc) is 2.49. The van der Waals surface area contributed by atoms with Crippen LogP contribution < -0.4 is 10.1 Å². The van der Waals surface area contributed by atoms with Gasteiger partial charge in [-0.05, 0) is 56.8 Å². The van der Waals surface area contributed by atoms with Crippen LogP contribution in [0, 0.1) is 0 Å². The zero-order valence-corrected chi connectivity index (χ0v) is 13.8. The minimum atomic E-state index is -0.156. The first-order chi connectivity index (χ1) is 10.1. The summed E-state index contributed by atoms with van der Waals surface area (Å²) in [5.74, 6) is 0.950. The molecule has 0 radical (unpaired) electrons. The van der Waals surface area contributed by atoms with E-state index in [1.165, 1.54) is 12.0 Å². The van der Waals surface area contributed by atoms with Crippen LogP contribution in [0.4, 0.5) is 0 Å². The number of aliphatic hydroxyl groups excluding tert-OH is 1. The Kier molecular flexibility index (Phi) is 8.40. The molecule has 0 fully saturated rings. The van der Waals surface area contributed by atoms with E-state index in [9.17, 15) is 5.11 Å². The Bertz CT molecular complexity index is 377. The molecule has 0 aliphatic heterocycles. The van der Waals surface area contributed by atoms with Crippen molar-refractivity contribution in [1.29, 1.82) is 0 Å². The van der Waals surface area contributed by atoms with Crippen molar-refractivity contribution in [2.75, 3.05) is 19.8 Å². The maximum absolute atomic E-state index is 9.43. The fraction of sp³-hybridized carbons (Fsp3) is 0.667. The van der Waals surface area contributed by atoms with E-state index in [-0.39, 0.29) is 12.1 Å². The Labute approximate surface area is 129 Å². The summed E-state index contributed by atoms with van der Waals surface area (Å²) < 4.78 is 5.76. The highest BCUT2D eigenvalue weighted by Gasteiger charge is 2.20. The average molecular weight is 293 g/mol. The van der Waals surface area contributed by atoms with Crippen molar-refractivity contribution in [1.82, 2.24) is 5.32 Å². The third kappa shape index (κ3) is 6.96. The van der Waals surface area contributed by atoms with E-state index in [1.807, 2.05) is 0 Å². The van der Waals surface area contributed by atoms with Crippen molar-refractivity contribution in [3.05, 3.63) is 29.8 Å². The molecule has 0 spiro atoms. The molecule has 0 aromatic heterocycles. The summed E-state index contributed by atoms with van der Waals surface area (Å²) >= 11 is 0. The molecule has 0 amide bonds. The molecule has 1 aromatic carbocycles. The standard InChI is InChI=1S/C18H31NO2/c1-4-8-16-9-11-17(12-10-16)21-14-7-6-13-18(3,15-20)19-5-2/h9-12,19-20H,4-8,13-15H2,1-3H3. The summed E-state index contributed by atoms with van der Waals surface area (Å²) in [6, 6.07) is 8.41. The Morgan fingerprint density at radius 2 is 1.86 bits per heavy atom. The van der Waals surface area contributed by atoms with Gasteiger partial charge in [0, 0.05) is 5.54 Å². The van der Waals surface area contributed by atoms with Crippen molar-refractivity contribution in [2.24, 2.45) is 0 Å². The van der Waals surface area contributed by atoms with Gasteiger partial charge in [-0.2, -0.15) is 0 Å². The molecule has 21 heavy (non-hydrogen) atoms. The summed E-state index contributed by atoms with van der Waals surface area (Å²) in [7, 11) is 0. The fourth-order valence-electron chi connectivity index (χ4n) is 2.50. The van der Waals surface area contributed by atoms with Gasteiger partial charge in [0.2, 0.25) is 0 Å². The van der Waals surface area contributed by atoms with Crippen molar-refractivity contribution < 1.29 is 9.84 Å². The monoisotopic (exact) mass is 293 g/mol. The van der Waals surface area contributed by atoms with Gasteiger partial charge in [-0.25, -0.2) is 0 Å². The summed E-state index contributed by atoms with van der Waals surface area (Å²) in [6.45, 7) is 8.14. The number of unbranched alkanes of at least 4 members (excludes halogenated alkanes) is 1. The number of hydrogen-bond donors (Lipinski definition) is 2. The highest BCUT2D eigenvalue weighted by Crippen LogP contribution is 2.16. The van der Waals surface area contributed by atoms with Gasteiger partial charge in [0.25, 0.3) is 0 Å². The molecule has 3 heteroatoms. The van der Waals surface area contributed by atoms with Gasteiger partial charge in [0.05, 0.1) is 13.2 Å². The Balaban J connectivity index is 2.21. The van der Waals surface area contributed by atoms with Crippen LogP contribution in [0.25, 0.3) is 0 Å². The Morgan fingerprint density at radius 3 is 2.43 bits per heavy atom. The van der Waals surface area contributed by atoms with Crippen molar-refractivity contribution >= 4 is 0 Å². The Hall–Kier alpha value is -1.06. The van der Waals surface area contributed by atoms with Crippen LogP contribution in [-0.2, 0) is 6.42 Å². The van der Waals surface area contributed by atoms with E-state index in [0.717, 1.165) is 44.6 Å². The number of aliphatic hydroxyl groups is 1. The topological polar surface area (TPSA) is 41.5 Å². The minimum Gasteiger partial charge on any atom is -0.494 e. The zero-order valence-electron chi connectivity index (χ0n) is 13.8. The minimum absolute atomic E-state index is 0.156. The molecule has 1 aromatic rings. The molecule has 0 aliphatic rings. The van der Waals surface area contributed by atoms with Crippen LogP contribution >= 0.6 is 0 Å². The second kappa shape index (κ2) is 9.80. The summed E-state index contributed by atoms with van der Waals surface area (Å²) in [6.07, 6.45) is 5.34. The lowest BCUT2D eigenvalue weighted by Gasteiger charge is -2.28. The smallest absolute Gasteiger partial charge is 0.119 e. The van der Waals surface area contributed by atoms with Gasteiger partial charge in [0.1, 0.15) is 5.75 Å². The van der Waals surface area contributed by atoms with E-state index in [2.05, 4.69) is 50.4 Å². The largest absolute Gasteiger partial charge is 0.494 e. The van der Waals surface area contributed by atoms with Crippen molar-refractivity contribution in [2.45, 2.75) is 58.4 Å². The zero-order chi connectivity index (χ0) is 15.6. The number of likely N-dealkylation sites (N-methyl/N-ethyl adjacent to an activating group) is 1. The molecule has 0 saturated heterocycles. The van der Waals surface area contributed by atoms with Gasteiger partial charge in [-0.15, -0.1) is 0 Å². The van der Waals surface area contributed by atoms with Crippen LogP contribution in [0.5, 0.6) is 5.75 Å².